The van der Waals surface area contributed by atoms with Crippen molar-refractivity contribution in [3.05, 3.63) is 52.9 Å². The standard InChI is InChI=1S/C26H30N6O2S/c1-16-11-18(13-19(12-16)32-24-29-9-6-17(2)31-24)21-14-30-23(35-21)26(34)7-5-20(25(3,4)15-26)22(33)28-10-8-27/h6,9,11-14,20,34H,5,7,10,15H2,1-4H3,(H,28,33)(H,29,31,32)/t20-,26-/m1/s1. The minimum Gasteiger partial charge on any atom is -0.383 e. The molecule has 1 aromatic carbocycles. The number of aryl methyl sites for hydroxylation is 2. The summed E-state index contributed by atoms with van der Waals surface area (Å²) >= 11 is 1.48. The third-order valence-corrected chi connectivity index (χ3v) is 7.75. The quantitative estimate of drug-likeness (QED) is 0.431. The van der Waals surface area contributed by atoms with Gasteiger partial charge in [0.1, 0.15) is 17.2 Å². The van der Waals surface area contributed by atoms with Crippen molar-refractivity contribution < 1.29 is 9.90 Å². The van der Waals surface area contributed by atoms with E-state index in [1.54, 1.807) is 12.4 Å². The van der Waals surface area contributed by atoms with Crippen LogP contribution in [0.1, 0.15) is 49.4 Å². The van der Waals surface area contributed by atoms with E-state index < -0.39 is 11.0 Å². The number of amides is 1. The summed E-state index contributed by atoms with van der Waals surface area (Å²) in [6.45, 7) is 7.94. The molecule has 0 spiro atoms. The van der Waals surface area contributed by atoms with E-state index in [0.717, 1.165) is 27.4 Å². The second-order valence-corrected chi connectivity index (χ2v) is 11.0. The number of carbonyl (C=O) groups is 1. The molecule has 2 atom stereocenters. The van der Waals surface area contributed by atoms with Gasteiger partial charge < -0.3 is 15.7 Å². The second kappa shape index (κ2) is 9.72. The number of carbonyl (C=O) groups excluding carboxylic acids is 1. The number of aromatic nitrogens is 3. The van der Waals surface area contributed by atoms with Crippen LogP contribution >= 0.6 is 11.3 Å². The van der Waals surface area contributed by atoms with Gasteiger partial charge in [0, 0.05) is 29.7 Å². The third-order valence-electron chi connectivity index (χ3n) is 6.51. The van der Waals surface area contributed by atoms with Crippen LogP contribution in [0.15, 0.2) is 36.7 Å². The molecular formula is C26H30N6O2S. The first-order valence-electron chi connectivity index (χ1n) is 11.6. The molecule has 1 amide bonds. The highest BCUT2D eigenvalue weighted by Crippen LogP contribution is 2.51. The summed E-state index contributed by atoms with van der Waals surface area (Å²) in [6, 6.07) is 9.95. The van der Waals surface area contributed by atoms with E-state index in [9.17, 15) is 9.90 Å². The average molecular weight is 491 g/mol. The van der Waals surface area contributed by atoms with Crippen molar-refractivity contribution in [2.45, 2.75) is 52.6 Å². The smallest absolute Gasteiger partial charge is 0.227 e. The minimum absolute atomic E-state index is 0.00510. The normalized spacial score (nSPS) is 21.2. The number of anilines is 2. The molecule has 1 aliphatic rings. The molecule has 0 aliphatic heterocycles. The average Bonchev–Trinajstić information content (AvgIpc) is 3.28. The molecule has 2 heterocycles. The highest BCUT2D eigenvalue weighted by atomic mass is 32.1. The number of nitriles is 1. The molecule has 3 N–H and O–H groups in total. The Hall–Kier alpha value is -3.35. The van der Waals surface area contributed by atoms with Gasteiger partial charge in [0.2, 0.25) is 11.9 Å². The van der Waals surface area contributed by atoms with Crippen LogP contribution < -0.4 is 10.6 Å². The molecule has 8 nitrogen and oxygen atoms in total. The number of benzene rings is 1. The SMILES string of the molecule is Cc1cc(Nc2nccc(C)n2)cc(-c2cnc([C@@]3(O)CC[C@H](C(=O)NCC#N)C(C)(C)C3)s2)c1. The van der Waals surface area contributed by atoms with Crippen LogP contribution in [0.25, 0.3) is 10.4 Å². The summed E-state index contributed by atoms with van der Waals surface area (Å²) in [5, 5.41) is 27.0. The van der Waals surface area contributed by atoms with E-state index in [1.165, 1.54) is 11.3 Å². The fourth-order valence-electron chi connectivity index (χ4n) is 4.92. The zero-order valence-electron chi connectivity index (χ0n) is 20.4. The Morgan fingerprint density at radius 2 is 2.09 bits per heavy atom. The molecule has 9 heteroatoms. The Balaban J connectivity index is 1.55. The fourth-order valence-corrected chi connectivity index (χ4v) is 5.94. The van der Waals surface area contributed by atoms with Crippen molar-refractivity contribution in [2.24, 2.45) is 11.3 Å². The zero-order valence-corrected chi connectivity index (χ0v) is 21.2. The van der Waals surface area contributed by atoms with Gasteiger partial charge in [0.25, 0.3) is 0 Å². The second-order valence-electron chi connectivity index (χ2n) is 9.93. The zero-order chi connectivity index (χ0) is 25.2. The molecule has 0 bridgehead atoms. The number of thiazole rings is 1. The molecule has 1 aliphatic carbocycles. The summed E-state index contributed by atoms with van der Waals surface area (Å²) in [6.07, 6.45) is 4.92. The highest BCUT2D eigenvalue weighted by Gasteiger charge is 2.49. The molecule has 4 rings (SSSR count). The van der Waals surface area contributed by atoms with Crippen molar-refractivity contribution in [1.29, 1.82) is 5.26 Å². The van der Waals surface area contributed by atoms with Gasteiger partial charge in [-0.15, -0.1) is 11.3 Å². The van der Waals surface area contributed by atoms with Crippen LogP contribution in [-0.4, -0.2) is 32.5 Å². The molecule has 0 unspecified atom stereocenters. The van der Waals surface area contributed by atoms with Gasteiger partial charge in [-0.05, 0) is 67.9 Å². The summed E-state index contributed by atoms with van der Waals surface area (Å²) < 4.78 is 0. The van der Waals surface area contributed by atoms with Gasteiger partial charge in [-0.25, -0.2) is 15.0 Å². The molecule has 182 valence electrons. The molecule has 0 radical (unpaired) electrons. The monoisotopic (exact) mass is 490 g/mol. The first-order chi connectivity index (χ1) is 16.6. The van der Waals surface area contributed by atoms with E-state index in [-0.39, 0.29) is 18.4 Å². The van der Waals surface area contributed by atoms with E-state index in [1.807, 2.05) is 52.0 Å². The number of hydrogen-bond donors (Lipinski definition) is 3. The van der Waals surface area contributed by atoms with Crippen LogP contribution in [0.2, 0.25) is 0 Å². The van der Waals surface area contributed by atoms with Crippen molar-refractivity contribution in [3.8, 4) is 16.5 Å². The lowest BCUT2D eigenvalue weighted by Crippen LogP contribution is -2.47. The number of rotatable bonds is 6. The molecule has 0 saturated heterocycles. The van der Waals surface area contributed by atoms with Gasteiger partial charge >= 0.3 is 0 Å². The first kappa shape index (κ1) is 24.8. The van der Waals surface area contributed by atoms with Gasteiger partial charge in [0.05, 0.1) is 10.9 Å². The molecule has 35 heavy (non-hydrogen) atoms. The Kier molecular flexibility index (Phi) is 6.88. The van der Waals surface area contributed by atoms with Gasteiger partial charge in [-0.1, -0.05) is 19.9 Å². The maximum atomic E-state index is 12.6. The van der Waals surface area contributed by atoms with Crippen molar-refractivity contribution in [1.82, 2.24) is 20.3 Å². The minimum atomic E-state index is -1.10. The first-order valence-corrected chi connectivity index (χ1v) is 12.4. The lowest BCUT2D eigenvalue weighted by atomic mass is 9.63. The topological polar surface area (TPSA) is 124 Å². The molecule has 2 aromatic heterocycles. The van der Waals surface area contributed by atoms with Crippen LogP contribution in [0, 0.1) is 36.5 Å². The van der Waals surface area contributed by atoms with Crippen LogP contribution in [0.4, 0.5) is 11.6 Å². The predicted molar refractivity (Wildman–Crippen MR) is 136 cm³/mol. The van der Waals surface area contributed by atoms with E-state index in [0.29, 0.717) is 30.2 Å². The lowest BCUT2D eigenvalue weighted by Gasteiger charge is -2.45. The number of nitrogens with zero attached hydrogens (tertiary/aromatic N) is 4. The highest BCUT2D eigenvalue weighted by molar-refractivity contribution is 7.15. The summed E-state index contributed by atoms with van der Waals surface area (Å²) in [5.74, 6) is 0.152. The Morgan fingerprint density at radius 3 is 2.80 bits per heavy atom. The predicted octanol–water partition coefficient (Wildman–Crippen LogP) is 4.61. The van der Waals surface area contributed by atoms with Crippen molar-refractivity contribution >= 4 is 28.9 Å². The number of aliphatic hydroxyl groups is 1. The van der Waals surface area contributed by atoms with Gasteiger partial charge in [-0.2, -0.15) is 5.26 Å². The van der Waals surface area contributed by atoms with Crippen molar-refractivity contribution in [2.75, 3.05) is 11.9 Å². The lowest BCUT2D eigenvalue weighted by molar-refractivity contribution is -0.137. The Labute approximate surface area is 209 Å². The Morgan fingerprint density at radius 1 is 1.29 bits per heavy atom. The largest absolute Gasteiger partial charge is 0.383 e. The van der Waals surface area contributed by atoms with Crippen molar-refractivity contribution in [3.63, 3.8) is 0 Å². The molecular weight excluding hydrogens is 460 g/mol. The Bertz CT molecular complexity index is 1280. The van der Waals surface area contributed by atoms with E-state index in [2.05, 4.69) is 31.7 Å². The number of hydrogen-bond acceptors (Lipinski definition) is 8. The van der Waals surface area contributed by atoms with E-state index >= 15 is 0 Å². The third kappa shape index (κ3) is 5.50. The number of nitrogens with one attached hydrogen (secondary N) is 2. The molecule has 1 fully saturated rings. The van der Waals surface area contributed by atoms with Gasteiger partial charge in [0.15, 0.2) is 0 Å². The van der Waals surface area contributed by atoms with Gasteiger partial charge in [-0.3, -0.25) is 4.79 Å². The van der Waals surface area contributed by atoms with Crippen LogP contribution in [0.3, 0.4) is 0 Å². The summed E-state index contributed by atoms with van der Waals surface area (Å²) in [4.78, 5) is 26.8. The van der Waals surface area contributed by atoms with E-state index in [4.69, 9.17) is 5.26 Å². The van der Waals surface area contributed by atoms with Crippen LogP contribution in [0.5, 0.6) is 0 Å². The van der Waals surface area contributed by atoms with Crippen LogP contribution in [-0.2, 0) is 10.4 Å². The molecule has 1 saturated carbocycles. The maximum absolute atomic E-state index is 12.6. The maximum Gasteiger partial charge on any atom is 0.227 e. The summed E-state index contributed by atoms with van der Waals surface area (Å²) in [7, 11) is 0. The molecule has 3 aromatic rings. The fraction of sp³-hybridized carbons (Fsp3) is 0.423. The summed E-state index contributed by atoms with van der Waals surface area (Å²) in [5.41, 5.74) is 2.30.